The molecule has 2 aliphatic carbocycles. The summed E-state index contributed by atoms with van der Waals surface area (Å²) in [6.45, 7) is 33.3. The normalized spacial score (nSPS) is 17.3. The van der Waals surface area contributed by atoms with Crippen molar-refractivity contribution in [1.82, 2.24) is 0 Å². The van der Waals surface area contributed by atoms with E-state index >= 15 is 0 Å². The van der Waals surface area contributed by atoms with Gasteiger partial charge in [0.1, 0.15) is 0 Å². The molecule has 0 aromatic rings. The minimum atomic E-state index is 0.0120. The van der Waals surface area contributed by atoms with Crippen molar-refractivity contribution in [2.45, 2.75) is 226 Å². The van der Waals surface area contributed by atoms with Gasteiger partial charge in [0, 0.05) is 44.6 Å². The number of hydrogen-bond acceptors (Lipinski definition) is 4. The Morgan fingerprint density at radius 3 is 1.16 bits per heavy atom. The lowest BCUT2D eigenvalue weighted by atomic mass is 9.82. The average Bonchev–Trinajstić information content (AvgIpc) is 3.20. The van der Waals surface area contributed by atoms with Crippen molar-refractivity contribution in [3.05, 3.63) is 91.2 Å². The van der Waals surface area contributed by atoms with Gasteiger partial charge >= 0.3 is 0 Å². The van der Waals surface area contributed by atoms with Crippen molar-refractivity contribution in [3.8, 4) is 0 Å². The lowest BCUT2D eigenvalue weighted by Gasteiger charge is -2.20. The zero-order valence-electron chi connectivity index (χ0n) is 43.0. The number of hydrogen-bond donors (Lipinski definition) is 0. The van der Waals surface area contributed by atoms with Crippen molar-refractivity contribution in [2.75, 3.05) is 0 Å². The van der Waals surface area contributed by atoms with Gasteiger partial charge in [-0.15, -0.1) is 0 Å². The first-order valence-electron chi connectivity index (χ1n) is 24.6. The molecule has 348 valence electrons. The van der Waals surface area contributed by atoms with Crippen molar-refractivity contribution < 1.29 is 19.2 Å². The molecule has 0 heterocycles. The molecule has 4 nitrogen and oxygen atoms in total. The summed E-state index contributed by atoms with van der Waals surface area (Å²) in [6, 6.07) is 0. The Hall–Kier alpha value is -3.40. The summed E-state index contributed by atoms with van der Waals surface area (Å²) in [6.07, 6.45) is 30.0. The van der Waals surface area contributed by atoms with Gasteiger partial charge in [0.2, 0.25) is 0 Å². The molecule has 62 heavy (non-hydrogen) atoms. The van der Waals surface area contributed by atoms with Crippen molar-refractivity contribution in [1.29, 1.82) is 0 Å². The SMILES string of the molecule is CC(C)=CCC/C(C)=C/CC/C(C)=C/CC/C(C)=C/CC1=C(C)C(=O)C(C)=C(C)C1=O.CC1=C(C)C(=O)C(CCC(C)CCCC(C)CCCC(C)CCCC(C)C)=C(C)C1=O. The molecular formula is C58H92O4. The summed E-state index contributed by atoms with van der Waals surface area (Å²) in [5, 5.41) is 0. The van der Waals surface area contributed by atoms with Gasteiger partial charge in [0.15, 0.2) is 23.1 Å². The van der Waals surface area contributed by atoms with E-state index < -0.39 is 0 Å². The van der Waals surface area contributed by atoms with Crippen LogP contribution < -0.4 is 0 Å². The fourth-order valence-electron chi connectivity index (χ4n) is 8.45. The summed E-state index contributed by atoms with van der Waals surface area (Å²) in [7, 11) is 0. The van der Waals surface area contributed by atoms with Crippen LogP contribution in [0.5, 0.6) is 0 Å². The molecular weight excluding hydrogens is 761 g/mol. The molecule has 3 unspecified atom stereocenters. The van der Waals surface area contributed by atoms with E-state index in [1.165, 1.54) is 80.1 Å². The molecule has 2 aliphatic rings. The third kappa shape index (κ3) is 21.3. The predicted octanol–water partition coefficient (Wildman–Crippen LogP) is 17.0. The summed E-state index contributed by atoms with van der Waals surface area (Å²) >= 11 is 0. The third-order valence-corrected chi connectivity index (χ3v) is 13.6. The van der Waals surface area contributed by atoms with Gasteiger partial charge in [-0.3, -0.25) is 19.2 Å². The summed E-state index contributed by atoms with van der Waals surface area (Å²) < 4.78 is 0. The van der Waals surface area contributed by atoms with E-state index in [0.29, 0.717) is 51.4 Å². The van der Waals surface area contributed by atoms with Crippen molar-refractivity contribution in [3.63, 3.8) is 0 Å². The molecule has 2 rings (SSSR count). The maximum Gasteiger partial charge on any atom is 0.185 e. The van der Waals surface area contributed by atoms with E-state index in [0.717, 1.165) is 74.7 Å². The molecule has 0 aromatic carbocycles. The highest BCUT2D eigenvalue weighted by Crippen LogP contribution is 2.30. The number of ketones is 4. The molecule has 0 spiro atoms. The lowest BCUT2D eigenvalue weighted by molar-refractivity contribution is -0.116. The smallest absolute Gasteiger partial charge is 0.185 e. The third-order valence-electron chi connectivity index (χ3n) is 13.6. The average molecular weight is 853 g/mol. The van der Waals surface area contributed by atoms with Crippen LogP contribution in [0.15, 0.2) is 91.2 Å². The Bertz CT molecular complexity index is 1770. The topological polar surface area (TPSA) is 68.3 Å². The van der Waals surface area contributed by atoms with Gasteiger partial charge in [0.25, 0.3) is 0 Å². The first-order chi connectivity index (χ1) is 29.1. The number of carbonyl (C=O) groups is 4. The van der Waals surface area contributed by atoms with Crippen molar-refractivity contribution >= 4 is 23.1 Å². The second kappa shape index (κ2) is 29.9. The van der Waals surface area contributed by atoms with E-state index in [-0.39, 0.29) is 23.1 Å². The molecule has 0 saturated heterocycles. The van der Waals surface area contributed by atoms with E-state index in [2.05, 4.69) is 93.5 Å². The molecule has 0 bridgehead atoms. The Morgan fingerprint density at radius 2 is 0.742 bits per heavy atom. The van der Waals surface area contributed by atoms with Crippen LogP contribution in [0.2, 0.25) is 0 Å². The van der Waals surface area contributed by atoms with Crippen LogP contribution in [0.1, 0.15) is 226 Å². The van der Waals surface area contributed by atoms with Gasteiger partial charge in [-0.25, -0.2) is 0 Å². The quantitative estimate of drug-likeness (QED) is 0.0642. The molecule has 0 amide bonds. The van der Waals surface area contributed by atoms with Gasteiger partial charge < -0.3 is 0 Å². The summed E-state index contributed by atoms with van der Waals surface area (Å²) in [5.41, 5.74) is 10.7. The molecule has 0 saturated carbocycles. The van der Waals surface area contributed by atoms with Gasteiger partial charge in [-0.1, -0.05) is 139 Å². The Morgan fingerprint density at radius 1 is 0.403 bits per heavy atom. The van der Waals surface area contributed by atoms with Crippen LogP contribution >= 0.6 is 0 Å². The zero-order valence-corrected chi connectivity index (χ0v) is 43.0. The Kier molecular flexibility index (Phi) is 27.3. The van der Waals surface area contributed by atoms with Gasteiger partial charge in [-0.2, -0.15) is 0 Å². The van der Waals surface area contributed by atoms with Gasteiger partial charge in [0.05, 0.1) is 0 Å². The van der Waals surface area contributed by atoms with Gasteiger partial charge in [-0.05, 0) is 158 Å². The van der Waals surface area contributed by atoms with Crippen LogP contribution in [-0.4, -0.2) is 23.1 Å². The lowest BCUT2D eigenvalue weighted by Crippen LogP contribution is -2.21. The van der Waals surface area contributed by atoms with Crippen LogP contribution in [0.3, 0.4) is 0 Å². The van der Waals surface area contributed by atoms with E-state index in [1.807, 2.05) is 6.92 Å². The molecule has 0 radical (unpaired) electrons. The highest BCUT2D eigenvalue weighted by Gasteiger charge is 2.28. The minimum Gasteiger partial charge on any atom is -0.289 e. The Balaban J connectivity index is 0.000000620. The van der Waals surface area contributed by atoms with Crippen LogP contribution in [0.25, 0.3) is 0 Å². The molecule has 0 aliphatic heterocycles. The molecule has 0 N–H and O–H groups in total. The fraction of sp³-hybridized carbons (Fsp3) is 0.655. The number of rotatable bonds is 26. The maximum atomic E-state index is 12.6. The largest absolute Gasteiger partial charge is 0.289 e. The second-order valence-corrected chi connectivity index (χ2v) is 20.3. The first-order valence-corrected chi connectivity index (χ1v) is 24.6. The number of carbonyl (C=O) groups excluding carboxylic acids is 4. The minimum absolute atomic E-state index is 0.0120. The summed E-state index contributed by atoms with van der Waals surface area (Å²) in [5.74, 6) is 3.32. The molecule has 0 aromatic heterocycles. The number of allylic oxidation sites excluding steroid dienone is 16. The van der Waals surface area contributed by atoms with E-state index in [1.54, 1.807) is 34.6 Å². The van der Waals surface area contributed by atoms with Crippen LogP contribution in [-0.2, 0) is 19.2 Å². The zero-order chi connectivity index (χ0) is 47.1. The predicted molar refractivity (Wildman–Crippen MR) is 268 cm³/mol. The second-order valence-electron chi connectivity index (χ2n) is 20.3. The van der Waals surface area contributed by atoms with Crippen LogP contribution in [0.4, 0.5) is 0 Å². The first kappa shape index (κ1) is 56.6. The van der Waals surface area contributed by atoms with E-state index in [9.17, 15) is 19.2 Å². The van der Waals surface area contributed by atoms with Crippen LogP contribution in [0, 0.1) is 23.7 Å². The monoisotopic (exact) mass is 853 g/mol. The maximum absolute atomic E-state index is 12.6. The Labute approximate surface area is 382 Å². The highest BCUT2D eigenvalue weighted by molar-refractivity contribution is 6.25. The van der Waals surface area contributed by atoms with Crippen molar-refractivity contribution in [2.24, 2.45) is 23.7 Å². The van der Waals surface area contributed by atoms with E-state index in [4.69, 9.17) is 0 Å². The molecule has 0 fully saturated rings. The molecule has 4 heteroatoms. The molecule has 3 atom stereocenters. The number of Topliss-reactive ketones (excluding diaryl/α,β-unsaturated/α-hetero) is 4. The highest BCUT2D eigenvalue weighted by atomic mass is 16.1. The fourth-order valence-corrected chi connectivity index (χ4v) is 8.45. The summed E-state index contributed by atoms with van der Waals surface area (Å²) in [4.78, 5) is 49.7. The standard InChI is InChI=1S/C29H50O2.C29H42O2/c2*1-20(2)12-9-13-21(3)14-10-15-22(4)16-11-17-23(5)18-19-27-26(8)28(30)24(6)25(7)29(27)31/h20-23H,9-19H2,1-8H3;12,14,16,18H,9-11,13,15,17,19H2,1-8H3/b;21-14+,22-16+,23-18+.